The molecule has 0 spiro atoms. The van der Waals surface area contributed by atoms with E-state index in [0.717, 1.165) is 12.8 Å². The maximum Gasteiger partial charge on any atom is 0.330 e. The van der Waals surface area contributed by atoms with Crippen LogP contribution in [0.15, 0.2) is 54.6 Å². The third-order valence-electron chi connectivity index (χ3n) is 4.24. The summed E-state index contributed by atoms with van der Waals surface area (Å²) in [4.78, 5) is 23.9. The molecule has 1 atom stereocenters. The molecule has 0 radical (unpaired) electrons. The first-order valence-corrected chi connectivity index (χ1v) is 8.56. The Morgan fingerprint density at radius 3 is 2.31 bits per heavy atom. The van der Waals surface area contributed by atoms with E-state index >= 15 is 0 Å². The van der Waals surface area contributed by atoms with Gasteiger partial charge in [0.2, 0.25) is 0 Å². The summed E-state index contributed by atoms with van der Waals surface area (Å²) in [5.74, 6) is -0.866. The lowest BCUT2D eigenvalue weighted by molar-refractivity contribution is -0.139. The predicted octanol–water partition coefficient (Wildman–Crippen LogP) is 2.80. The van der Waals surface area contributed by atoms with Crippen molar-refractivity contribution in [2.24, 2.45) is 0 Å². The Morgan fingerprint density at radius 2 is 1.69 bits per heavy atom. The van der Waals surface area contributed by atoms with E-state index in [-0.39, 0.29) is 6.10 Å². The minimum Gasteiger partial charge on any atom is -0.490 e. The number of carboxylic acid groups (broad SMARTS) is 1. The summed E-state index contributed by atoms with van der Waals surface area (Å²) in [7, 11) is 0. The number of carbonyl (C=O) groups excluding carboxylic acids is 1. The average Bonchev–Trinajstić information content (AvgIpc) is 2.68. The largest absolute Gasteiger partial charge is 0.490 e. The van der Waals surface area contributed by atoms with E-state index < -0.39 is 17.9 Å². The van der Waals surface area contributed by atoms with Gasteiger partial charge in [-0.2, -0.15) is 0 Å². The SMILES string of the molecule is O=C(N[C@@H](C(=O)O)c1ccccc1)c1ccc(OC2CCOCC2)cc1. The fourth-order valence-corrected chi connectivity index (χ4v) is 2.82. The van der Waals surface area contributed by atoms with Crippen molar-refractivity contribution in [3.63, 3.8) is 0 Å². The lowest BCUT2D eigenvalue weighted by Gasteiger charge is -2.23. The predicted molar refractivity (Wildman–Crippen MR) is 95.2 cm³/mol. The van der Waals surface area contributed by atoms with E-state index in [9.17, 15) is 14.7 Å². The van der Waals surface area contributed by atoms with Crippen LogP contribution >= 0.6 is 0 Å². The molecule has 136 valence electrons. The molecule has 2 aromatic carbocycles. The number of benzene rings is 2. The number of aliphatic carboxylic acids is 1. The van der Waals surface area contributed by atoms with E-state index in [1.54, 1.807) is 54.6 Å². The molecule has 0 aromatic heterocycles. The van der Waals surface area contributed by atoms with Crippen LogP contribution in [0, 0.1) is 0 Å². The first-order chi connectivity index (χ1) is 12.6. The number of carboxylic acids is 1. The summed E-state index contributed by atoms with van der Waals surface area (Å²) in [6, 6.07) is 14.2. The molecule has 0 bridgehead atoms. The van der Waals surface area contributed by atoms with Gasteiger partial charge in [0.15, 0.2) is 6.04 Å². The molecule has 0 saturated carbocycles. The number of hydrogen-bond acceptors (Lipinski definition) is 4. The van der Waals surface area contributed by atoms with Crippen molar-refractivity contribution in [3.8, 4) is 5.75 Å². The molecule has 3 rings (SSSR count). The lowest BCUT2D eigenvalue weighted by Crippen LogP contribution is -2.33. The maximum absolute atomic E-state index is 12.4. The first-order valence-electron chi connectivity index (χ1n) is 8.56. The third kappa shape index (κ3) is 4.61. The minimum absolute atomic E-state index is 0.123. The molecule has 2 N–H and O–H groups in total. The highest BCUT2D eigenvalue weighted by atomic mass is 16.5. The molecule has 6 heteroatoms. The Hall–Kier alpha value is -2.86. The summed E-state index contributed by atoms with van der Waals surface area (Å²) in [5, 5.41) is 12.0. The molecular weight excluding hydrogens is 334 g/mol. The Morgan fingerprint density at radius 1 is 1.04 bits per heavy atom. The summed E-state index contributed by atoms with van der Waals surface area (Å²) < 4.78 is 11.2. The maximum atomic E-state index is 12.4. The standard InChI is InChI=1S/C20H21NO5/c22-19(21-18(20(23)24)14-4-2-1-3-5-14)15-6-8-16(9-7-15)26-17-10-12-25-13-11-17/h1-9,17-18H,10-13H2,(H,21,22)(H,23,24)/t18-/m1/s1. The smallest absolute Gasteiger partial charge is 0.330 e. The van der Waals surface area contributed by atoms with Gasteiger partial charge in [0.1, 0.15) is 11.9 Å². The quantitative estimate of drug-likeness (QED) is 0.832. The highest BCUT2D eigenvalue weighted by Crippen LogP contribution is 2.19. The summed E-state index contributed by atoms with van der Waals surface area (Å²) >= 11 is 0. The normalized spacial score (nSPS) is 15.8. The van der Waals surface area contributed by atoms with Gasteiger partial charge >= 0.3 is 5.97 Å². The second kappa shape index (κ2) is 8.49. The third-order valence-corrected chi connectivity index (χ3v) is 4.24. The fraction of sp³-hybridized carbons (Fsp3) is 0.300. The first kappa shape index (κ1) is 17.9. The van der Waals surface area contributed by atoms with Crippen molar-refractivity contribution in [2.45, 2.75) is 25.0 Å². The zero-order chi connectivity index (χ0) is 18.4. The molecule has 6 nitrogen and oxygen atoms in total. The Balaban J connectivity index is 1.64. The van der Waals surface area contributed by atoms with Crippen LogP contribution in [0.3, 0.4) is 0 Å². The lowest BCUT2D eigenvalue weighted by atomic mass is 10.1. The monoisotopic (exact) mass is 355 g/mol. The van der Waals surface area contributed by atoms with Crippen LogP contribution in [0.5, 0.6) is 5.75 Å². The van der Waals surface area contributed by atoms with Crippen LogP contribution in [0.1, 0.15) is 34.8 Å². The average molecular weight is 355 g/mol. The van der Waals surface area contributed by atoms with Gasteiger partial charge in [-0.05, 0) is 29.8 Å². The second-order valence-electron chi connectivity index (χ2n) is 6.11. The van der Waals surface area contributed by atoms with E-state index in [4.69, 9.17) is 9.47 Å². The van der Waals surface area contributed by atoms with Gasteiger partial charge in [-0.1, -0.05) is 30.3 Å². The fourth-order valence-electron chi connectivity index (χ4n) is 2.82. The summed E-state index contributed by atoms with van der Waals surface area (Å²) in [5.41, 5.74) is 0.902. The Labute approximate surface area is 151 Å². The van der Waals surface area contributed by atoms with Gasteiger partial charge in [-0.3, -0.25) is 4.79 Å². The Bertz CT molecular complexity index is 739. The molecule has 1 heterocycles. The highest BCUT2D eigenvalue weighted by molar-refractivity contribution is 5.96. The molecule has 26 heavy (non-hydrogen) atoms. The van der Waals surface area contributed by atoms with Crippen molar-refractivity contribution in [2.75, 3.05) is 13.2 Å². The highest BCUT2D eigenvalue weighted by Gasteiger charge is 2.22. The molecule has 1 fully saturated rings. The Kier molecular flexibility index (Phi) is 5.86. The molecule has 1 amide bonds. The molecule has 1 aliphatic heterocycles. The number of rotatable bonds is 6. The summed E-state index contributed by atoms with van der Waals surface area (Å²) in [6.45, 7) is 1.39. The van der Waals surface area contributed by atoms with Gasteiger partial charge in [0, 0.05) is 18.4 Å². The van der Waals surface area contributed by atoms with Gasteiger partial charge in [0.05, 0.1) is 13.2 Å². The molecule has 1 aliphatic rings. The number of amides is 1. The van der Waals surface area contributed by atoms with Crippen LogP contribution in [-0.4, -0.2) is 36.3 Å². The summed E-state index contributed by atoms with van der Waals surface area (Å²) in [6.07, 6.45) is 1.82. The number of carbonyl (C=O) groups is 2. The van der Waals surface area contributed by atoms with E-state index in [0.29, 0.717) is 30.1 Å². The van der Waals surface area contributed by atoms with Gasteiger partial charge in [-0.15, -0.1) is 0 Å². The van der Waals surface area contributed by atoms with Crippen LogP contribution < -0.4 is 10.1 Å². The minimum atomic E-state index is -1.11. The van der Waals surface area contributed by atoms with Crippen LogP contribution in [-0.2, 0) is 9.53 Å². The van der Waals surface area contributed by atoms with Crippen molar-refractivity contribution < 1.29 is 24.2 Å². The van der Waals surface area contributed by atoms with Crippen molar-refractivity contribution >= 4 is 11.9 Å². The molecule has 0 unspecified atom stereocenters. The van der Waals surface area contributed by atoms with E-state index in [1.165, 1.54) is 0 Å². The molecule has 1 saturated heterocycles. The van der Waals surface area contributed by atoms with Gasteiger partial charge in [-0.25, -0.2) is 4.79 Å². The van der Waals surface area contributed by atoms with Crippen molar-refractivity contribution in [1.29, 1.82) is 0 Å². The van der Waals surface area contributed by atoms with E-state index in [2.05, 4.69) is 5.32 Å². The molecule has 0 aliphatic carbocycles. The number of nitrogens with one attached hydrogen (secondary N) is 1. The zero-order valence-electron chi connectivity index (χ0n) is 14.3. The zero-order valence-corrected chi connectivity index (χ0v) is 14.3. The molecular formula is C20H21NO5. The van der Waals surface area contributed by atoms with Crippen LogP contribution in [0.2, 0.25) is 0 Å². The number of hydrogen-bond donors (Lipinski definition) is 2. The second-order valence-corrected chi connectivity index (χ2v) is 6.11. The van der Waals surface area contributed by atoms with Gasteiger partial charge < -0.3 is 19.9 Å². The van der Waals surface area contributed by atoms with Crippen molar-refractivity contribution in [1.82, 2.24) is 5.32 Å². The number of ether oxygens (including phenoxy) is 2. The van der Waals surface area contributed by atoms with Crippen LogP contribution in [0.25, 0.3) is 0 Å². The molecule has 2 aromatic rings. The van der Waals surface area contributed by atoms with E-state index in [1.807, 2.05) is 0 Å². The van der Waals surface area contributed by atoms with Crippen LogP contribution in [0.4, 0.5) is 0 Å². The topological polar surface area (TPSA) is 84.9 Å². The van der Waals surface area contributed by atoms with Gasteiger partial charge in [0.25, 0.3) is 5.91 Å². The van der Waals surface area contributed by atoms with Crippen molar-refractivity contribution in [3.05, 3.63) is 65.7 Å².